The van der Waals surface area contributed by atoms with E-state index in [1.54, 1.807) is 11.0 Å². The predicted octanol–water partition coefficient (Wildman–Crippen LogP) is 3.00. The standard InChI is InChI=1S/C14H15F3N2O/c1-2-7-18-13(20)19-8-11(9-19)10-3-5-12(6-4-10)14(15,16)17/h2-6,11H,1,7-9H2,(H,18,20). The number of carbonyl (C=O) groups is 1. The van der Waals surface area contributed by atoms with Gasteiger partial charge in [0.2, 0.25) is 0 Å². The lowest BCUT2D eigenvalue weighted by atomic mass is 9.91. The normalized spacial score (nSPS) is 15.7. The highest BCUT2D eigenvalue weighted by atomic mass is 19.4. The minimum Gasteiger partial charge on any atom is -0.335 e. The minimum atomic E-state index is -4.31. The fourth-order valence-corrected chi connectivity index (χ4v) is 2.07. The molecule has 0 radical (unpaired) electrons. The molecular formula is C14H15F3N2O. The van der Waals surface area contributed by atoms with Crippen LogP contribution in [0.2, 0.25) is 0 Å². The van der Waals surface area contributed by atoms with Crippen LogP contribution in [0.15, 0.2) is 36.9 Å². The second-order valence-electron chi connectivity index (χ2n) is 4.70. The summed E-state index contributed by atoms with van der Waals surface area (Å²) in [7, 11) is 0. The van der Waals surface area contributed by atoms with Crippen molar-refractivity contribution in [3.63, 3.8) is 0 Å². The predicted molar refractivity (Wildman–Crippen MR) is 69.4 cm³/mol. The highest BCUT2D eigenvalue weighted by Crippen LogP contribution is 2.32. The van der Waals surface area contributed by atoms with Gasteiger partial charge in [-0.15, -0.1) is 6.58 Å². The van der Waals surface area contributed by atoms with E-state index in [-0.39, 0.29) is 11.9 Å². The number of alkyl halides is 3. The first-order valence-electron chi connectivity index (χ1n) is 6.22. The van der Waals surface area contributed by atoms with E-state index < -0.39 is 11.7 Å². The van der Waals surface area contributed by atoms with E-state index in [1.807, 2.05) is 0 Å². The van der Waals surface area contributed by atoms with Gasteiger partial charge in [-0.2, -0.15) is 13.2 Å². The number of hydrogen-bond acceptors (Lipinski definition) is 1. The Labute approximate surface area is 115 Å². The third-order valence-electron chi connectivity index (χ3n) is 3.28. The summed E-state index contributed by atoms with van der Waals surface area (Å²) in [6, 6.07) is 4.94. The Morgan fingerprint density at radius 3 is 2.45 bits per heavy atom. The molecule has 1 aromatic carbocycles. The molecule has 20 heavy (non-hydrogen) atoms. The van der Waals surface area contributed by atoms with E-state index >= 15 is 0 Å². The van der Waals surface area contributed by atoms with Gasteiger partial charge in [0.05, 0.1) is 5.56 Å². The fourth-order valence-electron chi connectivity index (χ4n) is 2.07. The molecule has 1 aromatic rings. The Bertz CT molecular complexity index is 490. The van der Waals surface area contributed by atoms with Crippen molar-refractivity contribution in [1.29, 1.82) is 0 Å². The van der Waals surface area contributed by atoms with Gasteiger partial charge in [-0.05, 0) is 17.7 Å². The number of carbonyl (C=O) groups excluding carboxylic acids is 1. The summed E-state index contributed by atoms with van der Waals surface area (Å²) >= 11 is 0. The number of rotatable bonds is 3. The van der Waals surface area contributed by atoms with Gasteiger partial charge in [0.25, 0.3) is 0 Å². The molecule has 1 aliphatic rings. The molecule has 1 saturated heterocycles. The lowest BCUT2D eigenvalue weighted by Gasteiger charge is -2.39. The monoisotopic (exact) mass is 284 g/mol. The van der Waals surface area contributed by atoms with E-state index in [9.17, 15) is 18.0 Å². The number of nitrogens with zero attached hydrogens (tertiary/aromatic N) is 1. The van der Waals surface area contributed by atoms with E-state index in [0.717, 1.165) is 17.7 Å². The van der Waals surface area contributed by atoms with Crippen LogP contribution in [0.25, 0.3) is 0 Å². The van der Waals surface area contributed by atoms with Gasteiger partial charge in [-0.3, -0.25) is 0 Å². The van der Waals surface area contributed by atoms with Crippen LogP contribution in [0.1, 0.15) is 17.0 Å². The van der Waals surface area contributed by atoms with Crippen LogP contribution >= 0.6 is 0 Å². The zero-order valence-corrected chi connectivity index (χ0v) is 10.8. The van der Waals surface area contributed by atoms with Crippen LogP contribution in [0.5, 0.6) is 0 Å². The fraction of sp³-hybridized carbons (Fsp3) is 0.357. The molecule has 0 bridgehead atoms. The van der Waals surface area contributed by atoms with E-state index in [0.29, 0.717) is 19.6 Å². The average molecular weight is 284 g/mol. The van der Waals surface area contributed by atoms with Crippen molar-refractivity contribution in [2.75, 3.05) is 19.6 Å². The van der Waals surface area contributed by atoms with E-state index in [1.165, 1.54) is 12.1 Å². The van der Waals surface area contributed by atoms with Crippen molar-refractivity contribution < 1.29 is 18.0 Å². The van der Waals surface area contributed by atoms with Crippen molar-refractivity contribution in [3.8, 4) is 0 Å². The van der Waals surface area contributed by atoms with Gasteiger partial charge >= 0.3 is 12.2 Å². The molecule has 0 saturated carbocycles. The maximum atomic E-state index is 12.4. The first kappa shape index (κ1) is 14.4. The molecule has 0 atom stereocenters. The molecule has 3 nitrogen and oxygen atoms in total. The zero-order valence-electron chi connectivity index (χ0n) is 10.8. The number of amides is 2. The van der Waals surface area contributed by atoms with Gasteiger partial charge in [0.1, 0.15) is 0 Å². The maximum Gasteiger partial charge on any atom is 0.416 e. The van der Waals surface area contributed by atoms with E-state index in [2.05, 4.69) is 11.9 Å². The van der Waals surface area contributed by atoms with Crippen molar-refractivity contribution in [2.24, 2.45) is 0 Å². The van der Waals surface area contributed by atoms with Crippen molar-refractivity contribution in [3.05, 3.63) is 48.0 Å². The number of urea groups is 1. The van der Waals surface area contributed by atoms with Crippen molar-refractivity contribution >= 4 is 6.03 Å². The molecule has 1 fully saturated rings. The highest BCUT2D eigenvalue weighted by Gasteiger charge is 2.33. The number of hydrogen-bond donors (Lipinski definition) is 1. The Hall–Kier alpha value is -1.98. The van der Waals surface area contributed by atoms with Crippen LogP contribution in [0.3, 0.4) is 0 Å². The van der Waals surface area contributed by atoms with Crippen LogP contribution in [0, 0.1) is 0 Å². The minimum absolute atomic E-state index is 0.103. The molecule has 1 N–H and O–H groups in total. The third kappa shape index (κ3) is 3.12. The molecule has 2 rings (SSSR count). The SMILES string of the molecule is C=CCNC(=O)N1CC(c2ccc(C(F)(F)F)cc2)C1. The zero-order chi connectivity index (χ0) is 14.8. The summed E-state index contributed by atoms with van der Waals surface area (Å²) in [5.74, 6) is 0.103. The molecule has 6 heteroatoms. The summed E-state index contributed by atoms with van der Waals surface area (Å²) in [6.45, 7) is 4.95. The van der Waals surface area contributed by atoms with Crippen molar-refractivity contribution in [2.45, 2.75) is 12.1 Å². The molecule has 0 aromatic heterocycles. The van der Waals surface area contributed by atoms with Crippen LogP contribution in [0.4, 0.5) is 18.0 Å². The quantitative estimate of drug-likeness (QED) is 0.850. The first-order valence-corrected chi connectivity index (χ1v) is 6.22. The van der Waals surface area contributed by atoms with Crippen molar-refractivity contribution in [1.82, 2.24) is 10.2 Å². The lowest BCUT2D eigenvalue weighted by molar-refractivity contribution is -0.137. The second kappa shape index (κ2) is 5.56. The van der Waals surface area contributed by atoms with Crippen LogP contribution < -0.4 is 5.32 Å². The van der Waals surface area contributed by atoms with Gasteiger partial charge < -0.3 is 10.2 Å². The van der Waals surface area contributed by atoms with Gasteiger partial charge in [-0.25, -0.2) is 4.79 Å². The lowest BCUT2D eigenvalue weighted by Crippen LogP contribution is -2.52. The topological polar surface area (TPSA) is 32.3 Å². The van der Waals surface area contributed by atoms with Gasteiger partial charge in [-0.1, -0.05) is 18.2 Å². The smallest absolute Gasteiger partial charge is 0.335 e. The average Bonchev–Trinajstić information content (AvgIpc) is 2.34. The molecule has 1 heterocycles. The highest BCUT2D eigenvalue weighted by molar-refractivity contribution is 5.75. The summed E-state index contributed by atoms with van der Waals surface area (Å²) in [6.07, 6.45) is -2.72. The third-order valence-corrected chi connectivity index (χ3v) is 3.28. The Morgan fingerprint density at radius 2 is 1.95 bits per heavy atom. The molecule has 0 unspecified atom stereocenters. The summed E-state index contributed by atoms with van der Waals surface area (Å²) < 4.78 is 37.3. The molecule has 2 amide bonds. The molecule has 1 aliphatic heterocycles. The summed E-state index contributed by atoms with van der Waals surface area (Å²) in [5, 5.41) is 2.66. The van der Waals surface area contributed by atoms with Gasteiger partial charge in [0, 0.05) is 25.6 Å². The molecule has 108 valence electrons. The number of likely N-dealkylation sites (tertiary alicyclic amines) is 1. The number of nitrogens with one attached hydrogen (secondary N) is 1. The maximum absolute atomic E-state index is 12.4. The van der Waals surface area contributed by atoms with Crippen LogP contribution in [-0.2, 0) is 6.18 Å². The first-order chi connectivity index (χ1) is 9.41. The Morgan fingerprint density at radius 1 is 1.35 bits per heavy atom. The van der Waals surface area contributed by atoms with E-state index in [4.69, 9.17) is 0 Å². The summed E-state index contributed by atoms with van der Waals surface area (Å²) in [5.41, 5.74) is 0.173. The molecule has 0 aliphatic carbocycles. The number of halogens is 3. The second-order valence-corrected chi connectivity index (χ2v) is 4.70. The van der Waals surface area contributed by atoms with Gasteiger partial charge in [0.15, 0.2) is 0 Å². The molecular weight excluding hydrogens is 269 g/mol. The summed E-state index contributed by atoms with van der Waals surface area (Å²) in [4.78, 5) is 13.2. The van der Waals surface area contributed by atoms with Crippen LogP contribution in [-0.4, -0.2) is 30.6 Å². The Kier molecular flexibility index (Phi) is 4.01. The molecule has 0 spiro atoms. The number of benzene rings is 1. The Balaban J connectivity index is 1.90. The largest absolute Gasteiger partial charge is 0.416 e.